The van der Waals surface area contributed by atoms with Gasteiger partial charge < -0.3 is 10.3 Å². The number of nitrogens with two attached hydrogens (primary N) is 1. The van der Waals surface area contributed by atoms with E-state index in [1.54, 1.807) is 0 Å². The molecule has 2 nitrogen and oxygen atoms in total. The second kappa shape index (κ2) is 3.46. The van der Waals surface area contributed by atoms with Gasteiger partial charge in [0.1, 0.15) is 0 Å². The van der Waals surface area contributed by atoms with E-state index in [0.29, 0.717) is 6.54 Å². The van der Waals surface area contributed by atoms with Crippen LogP contribution in [0.4, 0.5) is 0 Å². The minimum Gasteiger partial charge on any atom is -0.350 e. The average Bonchev–Trinajstić information content (AvgIpc) is 2.56. The number of hydrogen-bond donors (Lipinski definition) is 1. The van der Waals surface area contributed by atoms with E-state index in [1.165, 1.54) is 22.0 Å². The van der Waals surface area contributed by atoms with Crippen molar-refractivity contribution in [3.8, 4) is 0 Å². The molecule has 1 aromatic heterocycles. The van der Waals surface area contributed by atoms with Gasteiger partial charge in [0.15, 0.2) is 0 Å². The maximum Gasteiger partial charge on any atom is 0.0483 e. The lowest BCUT2D eigenvalue weighted by molar-refractivity contribution is 0.949. The van der Waals surface area contributed by atoms with Gasteiger partial charge >= 0.3 is 0 Å². The van der Waals surface area contributed by atoms with Crippen molar-refractivity contribution in [1.29, 1.82) is 0 Å². The van der Waals surface area contributed by atoms with Crippen LogP contribution in [0.1, 0.15) is 18.1 Å². The first-order chi connectivity index (χ1) is 6.77. The number of aromatic nitrogens is 1. The highest BCUT2D eigenvalue weighted by Crippen LogP contribution is 2.24. The van der Waals surface area contributed by atoms with E-state index >= 15 is 0 Å². The highest BCUT2D eigenvalue weighted by Gasteiger charge is 2.07. The molecule has 0 bridgehead atoms. The van der Waals surface area contributed by atoms with Gasteiger partial charge in [-0.25, -0.2) is 0 Å². The highest BCUT2D eigenvalue weighted by molar-refractivity contribution is 5.87. The molecule has 0 spiro atoms. The Labute approximate surface area is 84.3 Å². The molecule has 2 aromatic rings. The molecule has 0 saturated heterocycles. The van der Waals surface area contributed by atoms with Gasteiger partial charge in [-0.1, -0.05) is 19.1 Å². The molecule has 74 valence electrons. The Morgan fingerprint density at radius 3 is 2.71 bits per heavy atom. The largest absolute Gasteiger partial charge is 0.350 e. The van der Waals surface area contributed by atoms with Crippen LogP contribution in [0.3, 0.4) is 0 Å². The van der Waals surface area contributed by atoms with Gasteiger partial charge in [-0.2, -0.15) is 0 Å². The molecule has 0 radical (unpaired) electrons. The van der Waals surface area contributed by atoms with E-state index in [-0.39, 0.29) is 0 Å². The Balaban J connectivity index is 2.82. The molecule has 0 atom stereocenters. The van der Waals surface area contributed by atoms with Crippen LogP contribution < -0.4 is 5.73 Å². The first kappa shape index (κ1) is 9.28. The van der Waals surface area contributed by atoms with Crippen molar-refractivity contribution in [2.45, 2.75) is 19.9 Å². The van der Waals surface area contributed by atoms with Crippen LogP contribution in [-0.2, 0) is 20.0 Å². The fourth-order valence-electron chi connectivity index (χ4n) is 2.07. The van der Waals surface area contributed by atoms with Crippen molar-refractivity contribution in [2.75, 3.05) is 0 Å². The van der Waals surface area contributed by atoms with Crippen LogP contribution in [0.5, 0.6) is 0 Å². The molecule has 0 aliphatic heterocycles. The number of benzene rings is 1. The predicted molar refractivity (Wildman–Crippen MR) is 60.2 cm³/mol. The molecule has 2 rings (SSSR count). The van der Waals surface area contributed by atoms with Gasteiger partial charge in [-0.05, 0) is 23.6 Å². The van der Waals surface area contributed by atoms with Crippen LogP contribution in [0.25, 0.3) is 10.9 Å². The monoisotopic (exact) mass is 188 g/mol. The lowest BCUT2D eigenvalue weighted by atomic mass is 10.0. The summed E-state index contributed by atoms with van der Waals surface area (Å²) in [4.78, 5) is 0. The third-order valence-corrected chi connectivity index (χ3v) is 2.78. The standard InChI is InChI=1S/C12H16N2/c1-3-9-5-4-6-11-12(9)10(7-13)8-14(11)2/h4-6,8H,3,7,13H2,1-2H3. The molecule has 0 fully saturated rings. The summed E-state index contributed by atoms with van der Waals surface area (Å²) in [5.41, 5.74) is 9.66. The normalized spacial score (nSPS) is 11.1. The number of aryl methyl sites for hydroxylation is 2. The van der Waals surface area contributed by atoms with Gasteiger partial charge in [-0.15, -0.1) is 0 Å². The molecule has 0 saturated carbocycles. The predicted octanol–water partition coefficient (Wildman–Crippen LogP) is 2.20. The smallest absolute Gasteiger partial charge is 0.0483 e. The van der Waals surface area contributed by atoms with Crippen molar-refractivity contribution in [3.05, 3.63) is 35.5 Å². The summed E-state index contributed by atoms with van der Waals surface area (Å²) in [6.07, 6.45) is 3.19. The summed E-state index contributed by atoms with van der Waals surface area (Å²) in [5, 5.41) is 1.35. The molecule has 2 N–H and O–H groups in total. The molecule has 14 heavy (non-hydrogen) atoms. The van der Waals surface area contributed by atoms with Crippen molar-refractivity contribution in [3.63, 3.8) is 0 Å². The Morgan fingerprint density at radius 1 is 1.29 bits per heavy atom. The van der Waals surface area contributed by atoms with Gasteiger partial charge in [0.25, 0.3) is 0 Å². The lowest BCUT2D eigenvalue weighted by Crippen LogP contribution is -1.95. The molecule has 1 heterocycles. The van der Waals surface area contributed by atoms with Crippen molar-refractivity contribution in [2.24, 2.45) is 12.8 Å². The zero-order valence-electron chi connectivity index (χ0n) is 8.75. The number of rotatable bonds is 2. The van der Waals surface area contributed by atoms with E-state index in [0.717, 1.165) is 6.42 Å². The Morgan fingerprint density at radius 2 is 2.07 bits per heavy atom. The third-order valence-electron chi connectivity index (χ3n) is 2.78. The van der Waals surface area contributed by atoms with E-state index in [2.05, 4.69) is 42.9 Å². The number of hydrogen-bond acceptors (Lipinski definition) is 1. The van der Waals surface area contributed by atoms with Crippen LogP contribution >= 0.6 is 0 Å². The maximum absolute atomic E-state index is 5.74. The maximum atomic E-state index is 5.74. The second-order valence-electron chi connectivity index (χ2n) is 3.63. The SMILES string of the molecule is CCc1cccc2c1c(CN)cn2C. The first-order valence-electron chi connectivity index (χ1n) is 5.03. The molecule has 0 amide bonds. The molecule has 0 aliphatic carbocycles. The number of fused-ring (bicyclic) bond motifs is 1. The summed E-state index contributed by atoms with van der Waals surface area (Å²) in [6, 6.07) is 6.44. The summed E-state index contributed by atoms with van der Waals surface area (Å²) < 4.78 is 2.15. The fourth-order valence-corrected chi connectivity index (χ4v) is 2.07. The average molecular weight is 188 g/mol. The van der Waals surface area contributed by atoms with Crippen molar-refractivity contribution >= 4 is 10.9 Å². The first-order valence-corrected chi connectivity index (χ1v) is 5.03. The highest BCUT2D eigenvalue weighted by atomic mass is 14.9. The number of nitrogens with zero attached hydrogens (tertiary/aromatic N) is 1. The Bertz CT molecular complexity index is 455. The molecule has 1 aromatic carbocycles. The Kier molecular flexibility index (Phi) is 2.30. The van der Waals surface area contributed by atoms with Crippen LogP contribution in [0.2, 0.25) is 0 Å². The topological polar surface area (TPSA) is 30.9 Å². The summed E-state index contributed by atoms with van der Waals surface area (Å²) >= 11 is 0. The zero-order valence-corrected chi connectivity index (χ0v) is 8.75. The fraction of sp³-hybridized carbons (Fsp3) is 0.333. The Hall–Kier alpha value is -1.28. The lowest BCUT2D eigenvalue weighted by Gasteiger charge is -2.02. The molecule has 0 aliphatic rings. The minimum atomic E-state index is 0.619. The third kappa shape index (κ3) is 1.23. The van der Waals surface area contributed by atoms with E-state index in [1.807, 2.05) is 0 Å². The minimum absolute atomic E-state index is 0.619. The molecule has 2 heteroatoms. The van der Waals surface area contributed by atoms with Gasteiger partial charge in [0.2, 0.25) is 0 Å². The molecular formula is C12H16N2. The van der Waals surface area contributed by atoms with E-state index in [9.17, 15) is 0 Å². The second-order valence-corrected chi connectivity index (χ2v) is 3.63. The quantitative estimate of drug-likeness (QED) is 0.769. The summed E-state index contributed by atoms with van der Waals surface area (Å²) in [7, 11) is 2.07. The van der Waals surface area contributed by atoms with E-state index < -0.39 is 0 Å². The van der Waals surface area contributed by atoms with Gasteiger partial charge in [0, 0.05) is 30.7 Å². The van der Waals surface area contributed by atoms with Crippen LogP contribution in [-0.4, -0.2) is 4.57 Å². The molecular weight excluding hydrogens is 172 g/mol. The van der Waals surface area contributed by atoms with E-state index in [4.69, 9.17) is 5.73 Å². The van der Waals surface area contributed by atoms with Gasteiger partial charge in [-0.3, -0.25) is 0 Å². The summed E-state index contributed by atoms with van der Waals surface area (Å²) in [5.74, 6) is 0. The van der Waals surface area contributed by atoms with Crippen molar-refractivity contribution in [1.82, 2.24) is 4.57 Å². The van der Waals surface area contributed by atoms with Crippen molar-refractivity contribution < 1.29 is 0 Å². The van der Waals surface area contributed by atoms with Crippen LogP contribution in [0, 0.1) is 0 Å². The zero-order chi connectivity index (χ0) is 10.1. The summed E-state index contributed by atoms with van der Waals surface area (Å²) in [6.45, 7) is 2.80. The van der Waals surface area contributed by atoms with Gasteiger partial charge in [0.05, 0.1) is 0 Å². The molecule has 0 unspecified atom stereocenters. The van der Waals surface area contributed by atoms with Crippen LogP contribution in [0.15, 0.2) is 24.4 Å².